The zero-order chi connectivity index (χ0) is 14.0. The summed E-state index contributed by atoms with van der Waals surface area (Å²) in [6.45, 7) is 8.60. The summed E-state index contributed by atoms with van der Waals surface area (Å²) in [7, 11) is 0. The number of hydrogen-bond acceptors (Lipinski definition) is 2. The summed E-state index contributed by atoms with van der Waals surface area (Å²) in [6, 6.07) is 4.78. The summed E-state index contributed by atoms with van der Waals surface area (Å²) in [5.74, 6) is -1.48. The molecule has 1 aromatic carbocycles. The normalized spacial score (nSPS) is 28.6. The molecule has 1 saturated heterocycles. The molecule has 4 heteroatoms. The minimum absolute atomic E-state index is 0.00866. The van der Waals surface area contributed by atoms with E-state index in [4.69, 9.17) is 0 Å². The van der Waals surface area contributed by atoms with Crippen molar-refractivity contribution in [3.8, 4) is 0 Å². The lowest BCUT2D eigenvalue weighted by molar-refractivity contribution is 0.0442. The maximum Gasteiger partial charge on any atom is 0.163 e. The Morgan fingerprint density at radius 3 is 2.84 bits per heavy atom. The van der Waals surface area contributed by atoms with Gasteiger partial charge in [-0.25, -0.2) is 8.78 Å². The van der Waals surface area contributed by atoms with Crippen molar-refractivity contribution in [1.82, 2.24) is 10.2 Å². The highest BCUT2D eigenvalue weighted by atomic mass is 19.2. The van der Waals surface area contributed by atoms with Crippen molar-refractivity contribution in [3.05, 3.63) is 35.4 Å². The number of hydrogen-bond donors (Lipinski definition) is 1. The average molecular weight is 268 g/mol. The first-order chi connectivity index (χ1) is 8.96. The third kappa shape index (κ3) is 2.95. The number of benzene rings is 1. The third-order valence-electron chi connectivity index (χ3n) is 4.24. The van der Waals surface area contributed by atoms with Gasteiger partial charge in [0.05, 0.1) is 0 Å². The summed E-state index contributed by atoms with van der Waals surface area (Å²) in [6.07, 6.45) is 0.976. The molecule has 2 unspecified atom stereocenters. The van der Waals surface area contributed by atoms with E-state index in [1.54, 1.807) is 12.1 Å². The highest BCUT2D eigenvalue weighted by Crippen LogP contribution is 2.26. The topological polar surface area (TPSA) is 15.3 Å². The molecule has 0 aliphatic carbocycles. The van der Waals surface area contributed by atoms with Crippen molar-refractivity contribution in [1.29, 1.82) is 0 Å². The Labute approximate surface area is 113 Å². The van der Waals surface area contributed by atoms with E-state index in [1.807, 2.05) is 0 Å². The number of rotatable bonds is 3. The maximum atomic E-state index is 13.8. The predicted molar refractivity (Wildman–Crippen MR) is 72.9 cm³/mol. The number of nitrogens with zero attached hydrogens (tertiary/aromatic N) is 1. The molecule has 0 saturated carbocycles. The van der Waals surface area contributed by atoms with Gasteiger partial charge in [-0.2, -0.15) is 0 Å². The Morgan fingerprint density at radius 1 is 1.42 bits per heavy atom. The van der Waals surface area contributed by atoms with Crippen molar-refractivity contribution in [3.63, 3.8) is 0 Å². The van der Waals surface area contributed by atoms with Crippen LogP contribution in [-0.2, 0) is 6.54 Å². The van der Waals surface area contributed by atoms with Gasteiger partial charge in [0.25, 0.3) is 0 Å². The van der Waals surface area contributed by atoms with E-state index in [0.29, 0.717) is 18.2 Å². The second-order valence-corrected chi connectivity index (χ2v) is 5.73. The molecule has 2 rings (SSSR count). The van der Waals surface area contributed by atoms with Crippen LogP contribution < -0.4 is 5.32 Å². The van der Waals surface area contributed by atoms with Crippen molar-refractivity contribution in [2.24, 2.45) is 0 Å². The first-order valence-corrected chi connectivity index (χ1v) is 6.87. The van der Waals surface area contributed by atoms with Crippen LogP contribution in [0.5, 0.6) is 0 Å². The fourth-order valence-electron chi connectivity index (χ4n) is 2.60. The van der Waals surface area contributed by atoms with Gasteiger partial charge in [-0.3, -0.25) is 4.90 Å². The van der Waals surface area contributed by atoms with Gasteiger partial charge >= 0.3 is 0 Å². The van der Waals surface area contributed by atoms with E-state index in [1.165, 1.54) is 0 Å². The molecule has 19 heavy (non-hydrogen) atoms. The summed E-state index contributed by atoms with van der Waals surface area (Å²) in [5.41, 5.74) is 0.430. The van der Waals surface area contributed by atoms with E-state index >= 15 is 0 Å². The van der Waals surface area contributed by atoms with E-state index in [0.717, 1.165) is 25.6 Å². The molecule has 1 aliphatic rings. The molecule has 2 nitrogen and oxygen atoms in total. The Hall–Kier alpha value is -1.00. The second kappa shape index (κ2) is 5.55. The van der Waals surface area contributed by atoms with Crippen LogP contribution >= 0.6 is 0 Å². The molecule has 0 radical (unpaired) electrons. The standard InChI is InChI=1S/C15H22F2N2/c1-4-15(3)10-18-11(2)8-19(15)9-12-6-5-7-13(16)14(12)17/h5-7,11,18H,4,8-10H2,1-3H3. The molecule has 106 valence electrons. The quantitative estimate of drug-likeness (QED) is 0.906. The van der Waals surface area contributed by atoms with Crippen molar-refractivity contribution in [2.45, 2.75) is 45.3 Å². The largest absolute Gasteiger partial charge is 0.311 e. The van der Waals surface area contributed by atoms with Crippen LogP contribution in [0.15, 0.2) is 18.2 Å². The van der Waals surface area contributed by atoms with Gasteiger partial charge in [0.2, 0.25) is 0 Å². The van der Waals surface area contributed by atoms with E-state index in [-0.39, 0.29) is 5.54 Å². The van der Waals surface area contributed by atoms with Crippen LogP contribution in [0.1, 0.15) is 32.8 Å². The van der Waals surface area contributed by atoms with Gasteiger partial charge in [0, 0.05) is 36.8 Å². The smallest absolute Gasteiger partial charge is 0.163 e. The SMILES string of the molecule is CCC1(C)CNC(C)CN1Cc1cccc(F)c1F. The molecule has 1 aromatic rings. The minimum atomic E-state index is -0.765. The van der Waals surface area contributed by atoms with Gasteiger partial charge in [-0.05, 0) is 26.3 Å². The maximum absolute atomic E-state index is 13.8. The summed E-state index contributed by atoms with van der Waals surface area (Å²) in [5, 5.41) is 3.46. The van der Waals surface area contributed by atoms with E-state index < -0.39 is 11.6 Å². The molecular formula is C15H22F2N2. The van der Waals surface area contributed by atoms with E-state index in [9.17, 15) is 8.78 Å². The molecular weight excluding hydrogens is 246 g/mol. The molecule has 2 atom stereocenters. The van der Waals surface area contributed by atoms with Crippen molar-refractivity contribution >= 4 is 0 Å². The van der Waals surface area contributed by atoms with Gasteiger partial charge in [-0.1, -0.05) is 19.1 Å². The van der Waals surface area contributed by atoms with Gasteiger partial charge < -0.3 is 5.32 Å². The Bertz CT molecular complexity index is 450. The first kappa shape index (κ1) is 14.4. The predicted octanol–water partition coefficient (Wildman–Crippen LogP) is 2.93. The zero-order valence-electron chi connectivity index (χ0n) is 11.8. The third-order valence-corrected chi connectivity index (χ3v) is 4.24. The Balaban J connectivity index is 2.21. The fourth-order valence-corrected chi connectivity index (χ4v) is 2.60. The number of nitrogens with one attached hydrogen (secondary N) is 1. The number of piperazine rings is 1. The lowest BCUT2D eigenvalue weighted by Crippen LogP contribution is -2.61. The van der Waals surface area contributed by atoms with Gasteiger partial charge in [0.1, 0.15) is 0 Å². The molecule has 1 aliphatic heterocycles. The zero-order valence-corrected chi connectivity index (χ0v) is 11.8. The summed E-state index contributed by atoms with van der Waals surface area (Å²) >= 11 is 0. The molecule has 0 bridgehead atoms. The van der Waals surface area contributed by atoms with Crippen molar-refractivity contribution in [2.75, 3.05) is 13.1 Å². The average Bonchev–Trinajstić information content (AvgIpc) is 2.39. The lowest BCUT2D eigenvalue weighted by Gasteiger charge is -2.47. The van der Waals surface area contributed by atoms with Crippen LogP contribution in [-0.4, -0.2) is 29.6 Å². The molecule has 1 N–H and O–H groups in total. The Morgan fingerprint density at radius 2 is 2.16 bits per heavy atom. The molecule has 1 heterocycles. The molecule has 0 amide bonds. The second-order valence-electron chi connectivity index (χ2n) is 5.73. The summed E-state index contributed by atoms with van der Waals surface area (Å²) < 4.78 is 27.1. The van der Waals surface area contributed by atoms with Crippen LogP contribution in [0.3, 0.4) is 0 Å². The highest BCUT2D eigenvalue weighted by molar-refractivity contribution is 5.19. The fraction of sp³-hybridized carbons (Fsp3) is 0.600. The highest BCUT2D eigenvalue weighted by Gasteiger charge is 2.35. The van der Waals surface area contributed by atoms with Crippen molar-refractivity contribution < 1.29 is 8.78 Å². The van der Waals surface area contributed by atoms with E-state index in [2.05, 4.69) is 31.0 Å². The van der Waals surface area contributed by atoms with Gasteiger partial charge in [0.15, 0.2) is 11.6 Å². The van der Waals surface area contributed by atoms with Gasteiger partial charge in [-0.15, -0.1) is 0 Å². The van der Waals surface area contributed by atoms with Crippen LogP contribution in [0, 0.1) is 11.6 Å². The minimum Gasteiger partial charge on any atom is -0.311 e. The Kier molecular flexibility index (Phi) is 4.21. The molecule has 1 fully saturated rings. The summed E-state index contributed by atoms with van der Waals surface area (Å²) in [4.78, 5) is 2.26. The molecule has 0 aromatic heterocycles. The molecule has 0 spiro atoms. The lowest BCUT2D eigenvalue weighted by atomic mass is 9.91. The van der Waals surface area contributed by atoms with Crippen LogP contribution in [0.4, 0.5) is 8.78 Å². The number of halogens is 2. The van der Waals surface area contributed by atoms with Crippen LogP contribution in [0.2, 0.25) is 0 Å². The first-order valence-electron chi connectivity index (χ1n) is 6.87. The van der Waals surface area contributed by atoms with Crippen LogP contribution in [0.25, 0.3) is 0 Å². The monoisotopic (exact) mass is 268 g/mol.